The quantitative estimate of drug-likeness (QED) is 0.842. The lowest BCUT2D eigenvalue weighted by molar-refractivity contribution is 0.0204. The Hall–Kier alpha value is -1.04. The highest BCUT2D eigenvalue weighted by Gasteiger charge is 2.18. The number of carbonyl (C=O) groups is 1. The first-order valence-electron chi connectivity index (χ1n) is 6.95. The molecule has 5 heteroatoms. The highest BCUT2D eigenvalue weighted by Crippen LogP contribution is 2.19. The molecular formula is C15H22N2O2S. The largest absolute Gasteiger partial charge is 0.379 e. The van der Waals surface area contributed by atoms with Crippen LogP contribution in [0.15, 0.2) is 29.2 Å². The van der Waals surface area contributed by atoms with Crippen molar-refractivity contribution < 1.29 is 9.53 Å². The number of carbonyl (C=O) groups excluding carboxylic acids is 1. The number of thioether (sulfide) groups is 1. The Morgan fingerprint density at radius 3 is 2.80 bits per heavy atom. The van der Waals surface area contributed by atoms with E-state index in [2.05, 4.69) is 17.1 Å². The molecule has 1 atom stereocenters. The predicted octanol–water partition coefficient (Wildman–Crippen LogP) is 1.86. The van der Waals surface area contributed by atoms with Gasteiger partial charge in [0, 0.05) is 30.6 Å². The molecule has 0 saturated carbocycles. The molecule has 0 spiro atoms. The van der Waals surface area contributed by atoms with E-state index in [4.69, 9.17) is 4.74 Å². The van der Waals surface area contributed by atoms with Crippen molar-refractivity contribution in [3.05, 3.63) is 29.8 Å². The maximum atomic E-state index is 12.2. The maximum Gasteiger partial charge on any atom is 0.252 e. The van der Waals surface area contributed by atoms with Gasteiger partial charge in [0.05, 0.1) is 18.8 Å². The lowest BCUT2D eigenvalue weighted by Gasteiger charge is -2.32. The molecule has 1 aromatic rings. The third kappa shape index (κ3) is 3.98. The van der Waals surface area contributed by atoms with Crippen LogP contribution in [0, 0.1) is 0 Å². The Morgan fingerprint density at radius 2 is 2.10 bits per heavy atom. The summed E-state index contributed by atoms with van der Waals surface area (Å²) in [5.41, 5.74) is 0.758. The number of amides is 1. The number of rotatable bonds is 5. The van der Waals surface area contributed by atoms with Crippen LogP contribution in [-0.2, 0) is 4.74 Å². The molecule has 2 rings (SSSR count). The van der Waals surface area contributed by atoms with Crippen molar-refractivity contribution in [3.63, 3.8) is 0 Å². The number of benzene rings is 1. The van der Waals surface area contributed by atoms with Crippen molar-refractivity contribution in [2.24, 2.45) is 0 Å². The fraction of sp³-hybridized carbons (Fsp3) is 0.533. The van der Waals surface area contributed by atoms with E-state index in [1.165, 1.54) is 0 Å². The first-order valence-corrected chi connectivity index (χ1v) is 8.18. The van der Waals surface area contributed by atoms with Gasteiger partial charge in [-0.3, -0.25) is 9.69 Å². The van der Waals surface area contributed by atoms with Crippen LogP contribution in [0.5, 0.6) is 0 Å². The number of ether oxygens (including phenoxy) is 1. The smallest absolute Gasteiger partial charge is 0.252 e. The summed E-state index contributed by atoms with van der Waals surface area (Å²) in [4.78, 5) is 15.6. The highest BCUT2D eigenvalue weighted by molar-refractivity contribution is 7.98. The van der Waals surface area contributed by atoms with Crippen LogP contribution in [0.2, 0.25) is 0 Å². The monoisotopic (exact) mass is 294 g/mol. The molecule has 1 aromatic carbocycles. The van der Waals surface area contributed by atoms with Crippen LogP contribution in [0.3, 0.4) is 0 Å². The molecule has 1 fully saturated rings. The maximum absolute atomic E-state index is 12.2. The molecule has 110 valence electrons. The van der Waals surface area contributed by atoms with Crippen molar-refractivity contribution in [2.75, 3.05) is 39.1 Å². The van der Waals surface area contributed by atoms with E-state index < -0.39 is 0 Å². The second kappa shape index (κ2) is 7.67. The van der Waals surface area contributed by atoms with Crippen molar-refractivity contribution in [3.8, 4) is 0 Å². The van der Waals surface area contributed by atoms with E-state index in [1.54, 1.807) is 11.8 Å². The molecule has 1 N–H and O–H groups in total. The fourth-order valence-electron chi connectivity index (χ4n) is 2.32. The average Bonchev–Trinajstić information content (AvgIpc) is 2.53. The van der Waals surface area contributed by atoms with Gasteiger partial charge in [-0.1, -0.05) is 12.1 Å². The molecule has 0 bridgehead atoms. The minimum Gasteiger partial charge on any atom is -0.379 e. The van der Waals surface area contributed by atoms with Gasteiger partial charge >= 0.3 is 0 Å². The molecule has 20 heavy (non-hydrogen) atoms. The lowest BCUT2D eigenvalue weighted by atomic mass is 10.2. The number of nitrogens with zero attached hydrogens (tertiary/aromatic N) is 1. The van der Waals surface area contributed by atoms with Gasteiger partial charge in [0.15, 0.2) is 0 Å². The van der Waals surface area contributed by atoms with Crippen LogP contribution in [0.4, 0.5) is 0 Å². The molecule has 1 aliphatic heterocycles. The summed E-state index contributed by atoms with van der Waals surface area (Å²) in [5, 5.41) is 3.04. The van der Waals surface area contributed by atoms with Gasteiger partial charge < -0.3 is 10.1 Å². The van der Waals surface area contributed by atoms with E-state index in [9.17, 15) is 4.79 Å². The predicted molar refractivity (Wildman–Crippen MR) is 82.4 cm³/mol. The topological polar surface area (TPSA) is 41.6 Å². The SMILES string of the molecule is CSc1ccccc1C(=O)NCC(C)N1CCOCC1. The van der Waals surface area contributed by atoms with Crippen LogP contribution >= 0.6 is 11.8 Å². The van der Waals surface area contributed by atoms with Crippen molar-refractivity contribution in [2.45, 2.75) is 17.9 Å². The summed E-state index contributed by atoms with van der Waals surface area (Å²) in [6.07, 6.45) is 1.99. The molecule has 0 aromatic heterocycles. The number of nitrogens with one attached hydrogen (secondary N) is 1. The summed E-state index contributed by atoms with van der Waals surface area (Å²) < 4.78 is 5.34. The van der Waals surface area contributed by atoms with Crippen LogP contribution in [0.25, 0.3) is 0 Å². The van der Waals surface area contributed by atoms with Crippen molar-refractivity contribution in [1.29, 1.82) is 0 Å². The molecule has 0 radical (unpaired) electrons. The molecule has 1 heterocycles. The zero-order valence-electron chi connectivity index (χ0n) is 12.1. The van der Waals surface area contributed by atoms with Gasteiger partial charge in [0.2, 0.25) is 0 Å². The Kier molecular flexibility index (Phi) is 5.88. The Labute approximate surface area is 124 Å². The van der Waals surface area contributed by atoms with Crippen molar-refractivity contribution in [1.82, 2.24) is 10.2 Å². The molecule has 1 saturated heterocycles. The van der Waals surface area contributed by atoms with Gasteiger partial charge in [-0.15, -0.1) is 11.8 Å². The van der Waals surface area contributed by atoms with E-state index in [1.807, 2.05) is 30.5 Å². The van der Waals surface area contributed by atoms with E-state index in [-0.39, 0.29) is 5.91 Å². The van der Waals surface area contributed by atoms with Crippen LogP contribution < -0.4 is 5.32 Å². The Balaban J connectivity index is 1.88. The summed E-state index contributed by atoms with van der Waals surface area (Å²) in [6.45, 7) is 6.27. The molecular weight excluding hydrogens is 272 g/mol. The standard InChI is InChI=1S/C15H22N2O2S/c1-12(17-7-9-19-10-8-17)11-16-15(18)13-5-3-4-6-14(13)20-2/h3-6,12H,7-11H2,1-2H3,(H,16,18). The third-order valence-corrected chi connectivity index (χ3v) is 4.37. The molecule has 4 nitrogen and oxygen atoms in total. The normalized spacial score (nSPS) is 17.7. The second-order valence-electron chi connectivity index (χ2n) is 4.91. The summed E-state index contributed by atoms with van der Waals surface area (Å²) in [7, 11) is 0. The van der Waals surface area contributed by atoms with E-state index >= 15 is 0 Å². The number of hydrogen-bond acceptors (Lipinski definition) is 4. The summed E-state index contributed by atoms with van der Waals surface area (Å²) in [5.74, 6) is 0.00931. The van der Waals surface area contributed by atoms with Gasteiger partial charge in [-0.2, -0.15) is 0 Å². The third-order valence-electron chi connectivity index (χ3n) is 3.58. The zero-order chi connectivity index (χ0) is 14.4. The molecule has 1 amide bonds. The van der Waals surface area contributed by atoms with Gasteiger partial charge in [-0.25, -0.2) is 0 Å². The van der Waals surface area contributed by atoms with E-state index in [0.717, 1.165) is 36.8 Å². The molecule has 1 aliphatic rings. The van der Waals surface area contributed by atoms with Crippen LogP contribution in [0.1, 0.15) is 17.3 Å². The number of morpholine rings is 1. The van der Waals surface area contributed by atoms with Gasteiger partial charge in [0.25, 0.3) is 5.91 Å². The fourth-order valence-corrected chi connectivity index (χ4v) is 2.91. The van der Waals surface area contributed by atoms with Crippen molar-refractivity contribution >= 4 is 17.7 Å². The average molecular weight is 294 g/mol. The Morgan fingerprint density at radius 1 is 1.40 bits per heavy atom. The van der Waals surface area contributed by atoms with Gasteiger partial charge in [-0.05, 0) is 25.3 Å². The second-order valence-corrected chi connectivity index (χ2v) is 5.76. The molecule has 1 unspecified atom stereocenters. The van der Waals surface area contributed by atoms with E-state index in [0.29, 0.717) is 12.6 Å². The minimum atomic E-state index is 0.00931. The zero-order valence-corrected chi connectivity index (χ0v) is 12.9. The van der Waals surface area contributed by atoms with Crippen LogP contribution in [-0.4, -0.2) is 56.0 Å². The molecule has 0 aliphatic carbocycles. The van der Waals surface area contributed by atoms with Gasteiger partial charge in [0.1, 0.15) is 0 Å². The lowest BCUT2D eigenvalue weighted by Crippen LogP contribution is -2.47. The first-order chi connectivity index (χ1) is 9.72. The summed E-state index contributed by atoms with van der Waals surface area (Å²) in [6, 6.07) is 8.05. The Bertz CT molecular complexity index is 447. The minimum absolute atomic E-state index is 0.00931. The number of hydrogen-bond donors (Lipinski definition) is 1. The highest BCUT2D eigenvalue weighted by atomic mass is 32.2. The summed E-state index contributed by atoms with van der Waals surface area (Å²) >= 11 is 1.60. The first kappa shape index (κ1) is 15.4.